The van der Waals surface area contributed by atoms with Gasteiger partial charge in [-0.3, -0.25) is 4.79 Å². The molecule has 1 amide bonds. The molecule has 4 rings (SSSR count). The third-order valence-corrected chi connectivity index (χ3v) is 6.80. The van der Waals surface area contributed by atoms with Crippen LogP contribution in [0.4, 0.5) is 5.69 Å². The molecule has 2 aromatic carbocycles. The van der Waals surface area contributed by atoms with Crippen LogP contribution in [0.25, 0.3) is 0 Å². The van der Waals surface area contributed by atoms with Gasteiger partial charge in [-0.05, 0) is 49.9 Å². The fraction of sp³-hybridized carbons (Fsp3) is 0.346. The number of nitrogens with zero attached hydrogens (tertiary/aromatic N) is 2. The van der Waals surface area contributed by atoms with E-state index in [2.05, 4.69) is 10.2 Å². The van der Waals surface area contributed by atoms with Gasteiger partial charge >= 0.3 is 5.97 Å². The number of amides is 1. The van der Waals surface area contributed by atoms with E-state index in [1.54, 1.807) is 11.8 Å². The molecule has 0 saturated carbocycles. The molecule has 2 aliphatic rings. The molecule has 2 aromatic rings. The number of carbonyl (C=O) groups is 2. The molecule has 1 unspecified atom stereocenters. The zero-order valence-electron chi connectivity index (χ0n) is 19.0. The maximum atomic E-state index is 12.9. The summed E-state index contributed by atoms with van der Waals surface area (Å²) in [5.41, 5.74) is 4.05. The van der Waals surface area contributed by atoms with Gasteiger partial charge in [0, 0.05) is 24.4 Å². The molecular formula is C26H29N3O3S. The molecule has 1 fully saturated rings. The lowest BCUT2D eigenvalue weighted by Crippen LogP contribution is -2.42. The van der Waals surface area contributed by atoms with Crippen molar-refractivity contribution in [3.8, 4) is 0 Å². The van der Waals surface area contributed by atoms with Crippen LogP contribution in [-0.2, 0) is 20.7 Å². The standard InChI is InChI=1S/C26H29N3O3S/c1-3-32-25(31)23-18(2)27-26-29(15-8-16-33-26)24(23)20-11-7-12-21(17-20)28-22(30)14-13-19-9-5-4-6-10-19/h4-7,9-12,17,24H,3,8,13-16H2,1-2H3,(H,28,30). The van der Waals surface area contributed by atoms with Gasteiger partial charge in [0.2, 0.25) is 5.91 Å². The number of hydrogen-bond acceptors (Lipinski definition) is 6. The van der Waals surface area contributed by atoms with Crippen molar-refractivity contribution in [1.29, 1.82) is 0 Å². The molecule has 172 valence electrons. The highest BCUT2D eigenvalue weighted by Crippen LogP contribution is 2.40. The third-order valence-electron chi connectivity index (χ3n) is 5.72. The number of aryl methyl sites for hydroxylation is 1. The Balaban J connectivity index is 1.56. The minimum absolute atomic E-state index is 0.0345. The van der Waals surface area contributed by atoms with Crippen molar-refractivity contribution in [2.75, 3.05) is 24.2 Å². The number of thioether (sulfide) groups is 1. The topological polar surface area (TPSA) is 71.0 Å². The van der Waals surface area contributed by atoms with Crippen molar-refractivity contribution in [2.45, 2.75) is 39.2 Å². The molecule has 6 nitrogen and oxygen atoms in total. The molecule has 0 bridgehead atoms. The minimum atomic E-state index is -0.337. The SMILES string of the molecule is CCOC(=O)C1=C(C)N=C2SCCCN2C1c1cccc(NC(=O)CCc2ccccc2)c1. The number of amidine groups is 1. The van der Waals surface area contributed by atoms with E-state index in [0.717, 1.165) is 40.7 Å². The van der Waals surface area contributed by atoms with E-state index in [1.165, 1.54) is 0 Å². The number of carbonyl (C=O) groups excluding carboxylic acids is 2. The minimum Gasteiger partial charge on any atom is -0.463 e. The average molecular weight is 464 g/mol. The summed E-state index contributed by atoms with van der Waals surface area (Å²) in [6.07, 6.45) is 2.12. The zero-order chi connectivity index (χ0) is 23.2. The van der Waals surface area contributed by atoms with Gasteiger partial charge in [0.05, 0.1) is 23.9 Å². The highest BCUT2D eigenvalue weighted by atomic mass is 32.2. The fourth-order valence-corrected chi connectivity index (χ4v) is 5.22. The second-order valence-corrected chi connectivity index (χ2v) is 9.13. The van der Waals surface area contributed by atoms with Crippen molar-refractivity contribution in [1.82, 2.24) is 4.90 Å². The van der Waals surface area contributed by atoms with E-state index in [1.807, 2.05) is 68.4 Å². The quantitative estimate of drug-likeness (QED) is 0.589. The lowest BCUT2D eigenvalue weighted by atomic mass is 9.94. The highest BCUT2D eigenvalue weighted by molar-refractivity contribution is 8.13. The van der Waals surface area contributed by atoms with E-state index >= 15 is 0 Å². The Morgan fingerprint density at radius 3 is 2.79 bits per heavy atom. The predicted octanol–water partition coefficient (Wildman–Crippen LogP) is 4.94. The lowest BCUT2D eigenvalue weighted by Gasteiger charge is -2.40. The van der Waals surface area contributed by atoms with E-state index in [9.17, 15) is 9.59 Å². The van der Waals surface area contributed by atoms with Crippen molar-refractivity contribution in [3.63, 3.8) is 0 Å². The van der Waals surface area contributed by atoms with Crippen molar-refractivity contribution >= 4 is 34.5 Å². The molecule has 0 spiro atoms. The van der Waals surface area contributed by atoms with Gasteiger partial charge in [0.15, 0.2) is 5.17 Å². The Bertz CT molecular complexity index is 1080. The summed E-state index contributed by atoms with van der Waals surface area (Å²) in [4.78, 5) is 32.4. The zero-order valence-corrected chi connectivity index (χ0v) is 19.9. The van der Waals surface area contributed by atoms with Crippen LogP contribution >= 0.6 is 11.8 Å². The first-order chi connectivity index (χ1) is 16.1. The molecule has 1 N–H and O–H groups in total. The highest BCUT2D eigenvalue weighted by Gasteiger charge is 2.37. The predicted molar refractivity (Wildman–Crippen MR) is 133 cm³/mol. The van der Waals surface area contributed by atoms with Crippen molar-refractivity contribution in [3.05, 3.63) is 77.0 Å². The van der Waals surface area contributed by atoms with Gasteiger partial charge in [-0.1, -0.05) is 54.2 Å². The van der Waals surface area contributed by atoms with Crippen LogP contribution in [0.3, 0.4) is 0 Å². The summed E-state index contributed by atoms with van der Waals surface area (Å²) < 4.78 is 5.38. The first kappa shape index (κ1) is 23.1. The van der Waals surface area contributed by atoms with Gasteiger partial charge in [-0.15, -0.1) is 0 Å². The number of allylic oxidation sites excluding steroid dienone is 1. The monoisotopic (exact) mass is 463 g/mol. The number of anilines is 1. The number of fused-ring (bicyclic) bond motifs is 1. The van der Waals surface area contributed by atoms with E-state index in [-0.39, 0.29) is 17.9 Å². The fourth-order valence-electron chi connectivity index (χ4n) is 4.20. The molecule has 1 saturated heterocycles. The van der Waals surface area contributed by atoms with Crippen LogP contribution in [-0.4, -0.2) is 40.8 Å². The number of ether oxygens (including phenoxy) is 1. The molecule has 7 heteroatoms. The molecular weight excluding hydrogens is 434 g/mol. The van der Waals surface area contributed by atoms with Crippen LogP contribution in [0.15, 0.2) is 70.9 Å². The summed E-state index contributed by atoms with van der Waals surface area (Å²) in [5.74, 6) is 0.644. The number of rotatable bonds is 7. The van der Waals surface area contributed by atoms with Gasteiger partial charge in [0.1, 0.15) is 0 Å². The summed E-state index contributed by atoms with van der Waals surface area (Å²) in [6.45, 7) is 4.81. The molecule has 0 aromatic heterocycles. The normalized spacial score (nSPS) is 17.8. The third kappa shape index (κ3) is 5.47. The van der Waals surface area contributed by atoms with E-state index < -0.39 is 0 Å². The number of esters is 1. The first-order valence-corrected chi connectivity index (χ1v) is 12.3. The second-order valence-electron chi connectivity index (χ2n) is 8.07. The van der Waals surface area contributed by atoms with Crippen LogP contribution in [0, 0.1) is 0 Å². The van der Waals surface area contributed by atoms with Crippen molar-refractivity contribution in [2.24, 2.45) is 4.99 Å². The van der Waals surface area contributed by atoms with Crippen molar-refractivity contribution < 1.29 is 14.3 Å². The Morgan fingerprint density at radius 1 is 1.18 bits per heavy atom. The van der Waals surface area contributed by atoms with Crippen LogP contribution in [0.1, 0.15) is 43.9 Å². The maximum absolute atomic E-state index is 12.9. The molecule has 33 heavy (non-hydrogen) atoms. The van der Waals surface area contributed by atoms with Gasteiger partial charge in [-0.25, -0.2) is 9.79 Å². The number of nitrogens with one attached hydrogen (secondary N) is 1. The number of benzene rings is 2. The van der Waals surface area contributed by atoms with Gasteiger partial charge in [-0.2, -0.15) is 0 Å². The molecule has 2 aliphatic heterocycles. The summed E-state index contributed by atoms with van der Waals surface area (Å²) in [6, 6.07) is 17.5. The number of aliphatic imine (C=N–C) groups is 1. The van der Waals surface area contributed by atoms with Gasteiger partial charge < -0.3 is 15.0 Å². The molecule has 1 atom stereocenters. The summed E-state index contributed by atoms with van der Waals surface area (Å²) in [5, 5.41) is 3.96. The average Bonchev–Trinajstić information content (AvgIpc) is 2.83. The Kier molecular flexibility index (Phi) is 7.50. The molecule has 0 radical (unpaired) electrons. The Hall–Kier alpha value is -3.06. The maximum Gasteiger partial charge on any atom is 0.338 e. The Morgan fingerprint density at radius 2 is 2.00 bits per heavy atom. The number of hydrogen-bond donors (Lipinski definition) is 1. The van der Waals surface area contributed by atoms with E-state index in [0.29, 0.717) is 30.7 Å². The molecule has 2 heterocycles. The van der Waals surface area contributed by atoms with E-state index in [4.69, 9.17) is 9.73 Å². The Labute approximate surface area is 199 Å². The summed E-state index contributed by atoms with van der Waals surface area (Å²) in [7, 11) is 0. The molecule has 0 aliphatic carbocycles. The van der Waals surface area contributed by atoms with Crippen LogP contribution in [0.5, 0.6) is 0 Å². The van der Waals surface area contributed by atoms with Crippen LogP contribution < -0.4 is 5.32 Å². The van der Waals surface area contributed by atoms with Crippen LogP contribution in [0.2, 0.25) is 0 Å². The second kappa shape index (κ2) is 10.7. The smallest absolute Gasteiger partial charge is 0.338 e. The van der Waals surface area contributed by atoms with Gasteiger partial charge in [0.25, 0.3) is 0 Å². The lowest BCUT2D eigenvalue weighted by molar-refractivity contribution is -0.139. The first-order valence-electron chi connectivity index (χ1n) is 11.4. The summed E-state index contributed by atoms with van der Waals surface area (Å²) >= 11 is 1.72. The largest absolute Gasteiger partial charge is 0.463 e.